The number of hydrogen-bond donors (Lipinski definition) is 0. The van der Waals surface area contributed by atoms with Crippen molar-refractivity contribution in [1.29, 1.82) is 0 Å². The largest absolute Gasteiger partial charge is 0.271 e. The fourth-order valence-corrected chi connectivity index (χ4v) is 2.10. The maximum Gasteiger partial charge on any atom is 0.259 e. The first-order chi connectivity index (χ1) is 6.70. The number of halogens is 2. The fraction of sp³-hybridized carbons (Fsp3) is 0.300. The second-order valence-electron chi connectivity index (χ2n) is 3.25. The maximum absolute atomic E-state index is 11.6. The molecule has 0 bridgehead atoms. The molecule has 0 aromatic heterocycles. The normalized spacial score (nSPS) is 21.7. The van der Waals surface area contributed by atoms with Gasteiger partial charge >= 0.3 is 0 Å². The third-order valence-electron chi connectivity index (χ3n) is 2.33. The number of carbonyl (C=O) groups is 1. The first kappa shape index (κ1) is 9.81. The first-order valence-electron chi connectivity index (χ1n) is 4.42. The van der Waals surface area contributed by atoms with Gasteiger partial charge in [-0.05, 0) is 24.5 Å². The van der Waals surface area contributed by atoms with Gasteiger partial charge in [0.1, 0.15) is 5.38 Å². The van der Waals surface area contributed by atoms with Crippen molar-refractivity contribution in [1.82, 2.24) is 0 Å². The Hall–Kier alpha value is -0.730. The highest BCUT2D eigenvalue weighted by atomic mass is 35.5. The second kappa shape index (κ2) is 3.79. The summed E-state index contributed by atoms with van der Waals surface area (Å²) in [5.41, 5.74) is 1.82. The number of nitrogens with zero attached hydrogens (tertiary/aromatic N) is 1. The Kier molecular flexibility index (Phi) is 2.66. The van der Waals surface area contributed by atoms with E-state index in [1.807, 2.05) is 24.3 Å². The smallest absolute Gasteiger partial charge is 0.259 e. The minimum Gasteiger partial charge on any atom is -0.271 e. The van der Waals surface area contributed by atoms with Gasteiger partial charge in [0.05, 0.1) is 5.69 Å². The molecule has 74 valence electrons. The highest BCUT2D eigenvalue weighted by Crippen LogP contribution is 2.29. The van der Waals surface area contributed by atoms with E-state index in [0.29, 0.717) is 6.42 Å². The van der Waals surface area contributed by atoms with Crippen molar-refractivity contribution in [3.05, 3.63) is 29.8 Å². The molecule has 0 saturated carbocycles. The lowest BCUT2D eigenvalue weighted by atomic mass is 10.1. The van der Waals surface area contributed by atoms with E-state index in [-0.39, 0.29) is 5.91 Å². The van der Waals surface area contributed by atoms with Gasteiger partial charge in [0.15, 0.2) is 0 Å². The third-order valence-corrected chi connectivity index (χ3v) is 3.09. The molecule has 1 unspecified atom stereocenters. The summed E-state index contributed by atoms with van der Waals surface area (Å²) in [5, 5.41) is -0.514. The quantitative estimate of drug-likeness (QED) is 0.495. The van der Waals surface area contributed by atoms with Crippen LogP contribution in [0.2, 0.25) is 0 Å². The van der Waals surface area contributed by atoms with Crippen LogP contribution in [-0.2, 0) is 11.2 Å². The highest BCUT2D eigenvalue weighted by molar-refractivity contribution is 6.44. The number of amides is 1. The molecule has 1 aliphatic rings. The molecular weight excluding hydrogens is 221 g/mol. The van der Waals surface area contributed by atoms with E-state index in [2.05, 4.69) is 0 Å². The van der Waals surface area contributed by atoms with E-state index in [1.54, 1.807) is 0 Å². The molecule has 1 heterocycles. The Morgan fingerprint density at radius 2 is 2.07 bits per heavy atom. The summed E-state index contributed by atoms with van der Waals surface area (Å²) in [6, 6.07) is 7.58. The van der Waals surface area contributed by atoms with Crippen LogP contribution in [0.4, 0.5) is 5.69 Å². The number of rotatable bonds is 0. The zero-order chi connectivity index (χ0) is 10.1. The average Bonchev–Trinajstić information content (AvgIpc) is 2.32. The van der Waals surface area contributed by atoms with Crippen LogP contribution in [-0.4, -0.2) is 11.3 Å². The Balaban J connectivity index is 2.45. The summed E-state index contributed by atoms with van der Waals surface area (Å²) in [7, 11) is 0. The summed E-state index contributed by atoms with van der Waals surface area (Å²) < 4.78 is 1.12. The monoisotopic (exact) mass is 229 g/mol. The first-order valence-corrected chi connectivity index (χ1v) is 5.19. The van der Waals surface area contributed by atoms with Crippen molar-refractivity contribution < 1.29 is 4.79 Å². The summed E-state index contributed by atoms with van der Waals surface area (Å²) in [6.07, 6.45) is 1.43. The van der Waals surface area contributed by atoms with Gasteiger partial charge in [0.25, 0.3) is 5.91 Å². The van der Waals surface area contributed by atoms with Crippen LogP contribution in [0.3, 0.4) is 0 Å². The minimum absolute atomic E-state index is 0.238. The van der Waals surface area contributed by atoms with Crippen LogP contribution in [0, 0.1) is 0 Å². The van der Waals surface area contributed by atoms with E-state index in [4.69, 9.17) is 23.4 Å². The molecule has 0 saturated heterocycles. The summed E-state index contributed by atoms with van der Waals surface area (Å²) in [5.74, 6) is -0.238. The molecule has 0 N–H and O–H groups in total. The minimum atomic E-state index is -0.514. The van der Waals surface area contributed by atoms with E-state index in [1.165, 1.54) is 0 Å². The van der Waals surface area contributed by atoms with Crippen molar-refractivity contribution in [3.8, 4) is 0 Å². The van der Waals surface area contributed by atoms with Gasteiger partial charge in [-0.3, -0.25) is 4.79 Å². The number of fused-ring (bicyclic) bond motifs is 1. The number of anilines is 1. The number of alkyl halides is 1. The van der Waals surface area contributed by atoms with Gasteiger partial charge in [0, 0.05) is 11.8 Å². The standard InChI is InChI=1S/C10H9Cl2NO/c11-8-6-5-7-3-1-2-4-9(7)13(12)10(8)14/h1-4,8H,5-6H2. The van der Waals surface area contributed by atoms with Gasteiger partial charge in [-0.1, -0.05) is 18.2 Å². The summed E-state index contributed by atoms with van der Waals surface area (Å²) >= 11 is 11.8. The Bertz CT molecular complexity index is 367. The molecule has 1 amide bonds. The Morgan fingerprint density at radius 1 is 1.36 bits per heavy atom. The maximum atomic E-state index is 11.6. The van der Waals surface area contributed by atoms with E-state index in [0.717, 1.165) is 22.1 Å². The number of carbonyl (C=O) groups excluding carboxylic acids is 1. The molecule has 1 aromatic carbocycles. The molecule has 0 fully saturated rings. The highest BCUT2D eigenvalue weighted by Gasteiger charge is 2.27. The molecule has 0 aliphatic carbocycles. The zero-order valence-corrected chi connectivity index (χ0v) is 8.92. The van der Waals surface area contributed by atoms with E-state index < -0.39 is 5.38 Å². The van der Waals surface area contributed by atoms with Crippen LogP contribution in [0.5, 0.6) is 0 Å². The molecule has 4 heteroatoms. The lowest BCUT2D eigenvalue weighted by Crippen LogP contribution is -2.27. The second-order valence-corrected chi connectivity index (χ2v) is 4.12. The molecule has 1 aliphatic heterocycles. The van der Waals surface area contributed by atoms with E-state index >= 15 is 0 Å². The molecule has 1 aromatic rings. The van der Waals surface area contributed by atoms with Crippen molar-refractivity contribution in [2.45, 2.75) is 18.2 Å². The number of para-hydroxylation sites is 1. The number of hydrogen-bond acceptors (Lipinski definition) is 1. The number of benzene rings is 1. The predicted molar refractivity (Wildman–Crippen MR) is 57.7 cm³/mol. The van der Waals surface area contributed by atoms with Crippen molar-refractivity contribution >= 4 is 35.0 Å². The lowest BCUT2D eigenvalue weighted by Gasteiger charge is -2.14. The predicted octanol–water partition coefficient (Wildman–Crippen LogP) is 2.73. The number of aryl methyl sites for hydroxylation is 1. The third kappa shape index (κ3) is 1.60. The SMILES string of the molecule is O=C1C(Cl)CCc2ccccc2N1Cl. The van der Waals surface area contributed by atoms with Crippen LogP contribution >= 0.6 is 23.4 Å². The Labute approximate surface area is 92.5 Å². The molecule has 2 nitrogen and oxygen atoms in total. The molecular formula is C10H9Cl2NO. The van der Waals surface area contributed by atoms with Crippen LogP contribution in [0.1, 0.15) is 12.0 Å². The molecule has 2 rings (SSSR count). The van der Waals surface area contributed by atoms with Crippen LogP contribution in [0.25, 0.3) is 0 Å². The van der Waals surface area contributed by atoms with Gasteiger partial charge in [-0.2, -0.15) is 0 Å². The fourth-order valence-electron chi connectivity index (χ4n) is 1.56. The molecule has 0 spiro atoms. The van der Waals surface area contributed by atoms with Crippen LogP contribution < -0.4 is 4.42 Å². The van der Waals surface area contributed by atoms with Crippen molar-refractivity contribution in [2.75, 3.05) is 4.42 Å². The molecule has 1 atom stereocenters. The van der Waals surface area contributed by atoms with Crippen molar-refractivity contribution in [2.24, 2.45) is 0 Å². The topological polar surface area (TPSA) is 20.3 Å². The summed E-state index contributed by atoms with van der Waals surface area (Å²) in [4.78, 5) is 11.6. The van der Waals surface area contributed by atoms with Crippen molar-refractivity contribution in [3.63, 3.8) is 0 Å². The lowest BCUT2D eigenvalue weighted by molar-refractivity contribution is -0.117. The van der Waals surface area contributed by atoms with Crippen LogP contribution in [0.15, 0.2) is 24.3 Å². The zero-order valence-electron chi connectivity index (χ0n) is 7.41. The van der Waals surface area contributed by atoms with E-state index in [9.17, 15) is 4.79 Å². The van der Waals surface area contributed by atoms with Gasteiger partial charge in [-0.25, -0.2) is 4.42 Å². The molecule has 14 heavy (non-hydrogen) atoms. The van der Waals surface area contributed by atoms with Gasteiger partial charge < -0.3 is 0 Å². The summed E-state index contributed by atoms with van der Waals surface area (Å²) in [6.45, 7) is 0. The van der Waals surface area contributed by atoms with Gasteiger partial charge in [-0.15, -0.1) is 11.6 Å². The average molecular weight is 230 g/mol. The Morgan fingerprint density at radius 3 is 2.86 bits per heavy atom. The molecule has 0 radical (unpaired) electrons. The van der Waals surface area contributed by atoms with Gasteiger partial charge in [0.2, 0.25) is 0 Å².